The van der Waals surface area contributed by atoms with Gasteiger partial charge in [-0.05, 0) is 38.5 Å². The average molecular weight is 375 g/mol. The molecule has 1 aromatic carbocycles. The van der Waals surface area contributed by atoms with E-state index in [4.69, 9.17) is 14.2 Å². The topological polar surface area (TPSA) is 103 Å². The number of rotatable bonds is 7. The van der Waals surface area contributed by atoms with Gasteiger partial charge in [-0.3, -0.25) is 9.59 Å². The number of benzene rings is 1. The van der Waals surface area contributed by atoms with Crippen LogP contribution in [0.3, 0.4) is 0 Å². The standard InChI is InChI=1S/C19H25N3O5/c1-10(13-7-15(25-4)18(27-6)16(8-13)26-5)21-17(23)9-14-11(2)20-12(3)22-19(14)24/h7-8,10H,9H2,1-6H3,(H,21,23)(H,20,22,24). The normalized spacial score (nSPS) is 11.6. The van der Waals surface area contributed by atoms with Crippen molar-refractivity contribution in [3.05, 3.63) is 45.1 Å². The quantitative estimate of drug-likeness (QED) is 0.765. The largest absolute Gasteiger partial charge is 0.493 e. The molecule has 1 unspecified atom stereocenters. The molecule has 2 N–H and O–H groups in total. The highest BCUT2D eigenvalue weighted by atomic mass is 16.5. The second kappa shape index (κ2) is 8.57. The number of amides is 1. The van der Waals surface area contributed by atoms with Crippen molar-refractivity contribution in [3.8, 4) is 17.2 Å². The lowest BCUT2D eigenvalue weighted by Crippen LogP contribution is -2.31. The zero-order valence-corrected chi connectivity index (χ0v) is 16.4. The lowest BCUT2D eigenvalue weighted by Gasteiger charge is -2.19. The molecule has 8 nitrogen and oxygen atoms in total. The Morgan fingerprint density at radius 2 is 1.74 bits per heavy atom. The van der Waals surface area contributed by atoms with Gasteiger partial charge in [-0.2, -0.15) is 0 Å². The maximum Gasteiger partial charge on any atom is 0.254 e. The maximum atomic E-state index is 12.4. The summed E-state index contributed by atoms with van der Waals surface area (Å²) in [4.78, 5) is 31.3. The van der Waals surface area contributed by atoms with Gasteiger partial charge in [0.2, 0.25) is 11.7 Å². The number of methoxy groups -OCH3 is 3. The summed E-state index contributed by atoms with van der Waals surface area (Å²) in [5, 5.41) is 2.88. The minimum absolute atomic E-state index is 0.0524. The summed E-state index contributed by atoms with van der Waals surface area (Å²) in [5.74, 6) is 1.73. The first kappa shape index (κ1) is 20.3. The molecule has 0 saturated carbocycles. The number of ether oxygens (including phenoxy) is 3. The number of aromatic amines is 1. The predicted octanol–water partition coefficient (Wildman–Crippen LogP) is 1.83. The minimum atomic E-state index is -0.330. The number of carbonyl (C=O) groups is 1. The summed E-state index contributed by atoms with van der Waals surface area (Å²) in [5.41, 5.74) is 1.39. The number of hydrogen-bond donors (Lipinski definition) is 2. The van der Waals surface area contributed by atoms with Gasteiger partial charge in [-0.25, -0.2) is 4.98 Å². The molecule has 0 fully saturated rings. The van der Waals surface area contributed by atoms with Gasteiger partial charge in [0.05, 0.1) is 33.8 Å². The van der Waals surface area contributed by atoms with E-state index in [9.17, 15) is 9.59 Å². The van der Waals surface area contributed by atoms with E-state index in [1.54, 1.807) is 26.0 Å². The van der Waals surface area contributed by atoms with Crippen molar-refractivity contribution in [1.29, 1.82) is 0 Å². The first-order valence-electron chi connectivity index (χ1n) is 8.46. The lowest BCUT2D eigenvalue weighted by molar-refractivity contribution is -0.121. The molecule has 2 aromatic rings. The Kier molecular flexibility index (Phi) is 6.44. The van der Waals surface area contributed by atoms with Crippen molar-refractivity contribution in [3.63, 3.8) is 0 Å². The Morgan fingerprint density at radius 3 is 2.22 bits per heavy atom. The molecule has 0 bridgehead atoms. The summed E-state index contributed by atoms with van der Waals surface area (Å²) in [6, 6.07) is 3.22. The van der Waals surface area contributed by atoms with Gasteiger partial charge in [0.25, 0.3) is 5.56 Å². The molecule has 0 aliphatic heterocycles. The summed E-state index contributed by atoms with van der Waals surface area (Å²) in [6.07, 6.45) is -0.0524. The lowest BCUT2D eigenvalue weighted by atomic mass is 10.1. The fourth-order valence-corrected chi connectivity index (χ4v) is 2.85. The highest BCUT2D eigenvalue weighted by Gasteiger charge is 2.19. The molecule has 1 aromatic heterocycles. The van der Waals surface area contributed by atoms with Crippen molar-refractivity contribution < 1.29 is 19.0 Å². The van der Waals surface area contributed by atoms with Gasteiger partial charge >= 0.3 is 0 Å². The van der Waals surface area contributed by atoms with Crippen LogP contribution in [0.25, 0.3) is 0 Å². The van der Waals surface area contributed by atoms with E-state index >= 15 is 0 Å². The van der Waals surface area contributed by atoms with E-state index in [1.807, 2.05) is 6.92 Å². The average Bonchev–Trinajstić information content (AvgIpc) is 2.63. The Morgan fingerprint density at radius 1 is 1.15 bits per heavy atom. The number of hydrogen-bond acceptors (Lipinski definition) is 6. The van der Waals surface area contributed by atoms with Crippen molar-refractivity contribution in [2.45, 2.75) is 33.2 Å². The molecule has 1 amide bonds. The van der Waals surface area contributed by atoms with Crippen LogP contribution in [-0.2, 0) is 11.2 Å². The second-order valence-corrected chi connectivity index (χ2v) is 6.14. The van der Waals surface area contributed by atoms with Crippen molar-refractivity contribution >= 4 is 5.91 Å². The second-order valence-electron chi connectivity index (χ2n) is 6.14. The van der Waals surface area contributed by atoms with Gasteiger partial charge in [-0.15, -0.1) is 0 Å². The van der Waals surface area contributed by atoms with Crippen LogP contribution in [-0.4, -0.2) is 37.2 Å². The van der Waals surface area contributed by atoms with Crippen molar-refractivity contribution in [2.24, 2.45) is 0 Å². The van der Waals surface area contributed by atoms with Gasteiger partial charge in [0.15, 0.2) is 11.5 Å². The molecule has 1 atom stereocenters. The molecule has 0 aliphatic carbocycles. The monoisotopic (exact) mass is 375 g/mol. The van der Waals surface area contributed by atoms with Crippen LogP contribution in [0.2, 0.25) is 0 Å². The SMILES string of the molecule is COc1cc(C(C)NC(=O)Cc2c(C)nc(C)[nH]c2=O)cc(OC)c1OC. The molecule has 146 valence electrons. The molecule has 0 aliphatic rings. The third-order valence-corrected chi connectivity index (χ3v) is 4.24. The third-order valence-electron chi connectivity index (χ3n) is 4.24. The number of H-pyrrole nitrogens is 1. The first-order chi connectivity index (χ1) is 12.8. The van der Waals surface area contributed by atoms with E-state index in [2.05, 4.69) is 15.3 Å². The van der Waals surface area contributed by atoms with Gasteiger partial charge in [0.1, 0.15) is 5.82 Å². The summed E-state index contributed by atoms with van der Waals surface area (Å²) >= 11 is 0. The Bertz CT molecular complexity index is 866. The van der Waals surface area contributed by atoms with E-state index in [1.165, 1.54) is 21.3 Å². The predicted molar refractivity (Wildman–Crippen MR) is 101 cm³/mol. The Hall–Kier alpha value is -3.03. The van der Waals surface area contributed by atoms with Gasteiger partial charge in [-0.1, -0.05) is 0 Å². The molecular weight excluding hydrogens is 350 g/mol. The fourth-order valence-electron chi connectivity index (χ4n) is 2.85. The number of aromatic nitrogens is 2. The first-order valence-corrected chi connectivity index (χ1v) is 8.46. The Balaban J connectivity index is 2.21. The fraction of sp³-hybridized carbons (Fsp3) is 0.421. The van der Waals surface area contributed by atoms with E-state index in [-0.39, 0.29) is 23.9 Å². The van der Waals surface area contributed by atoms with Crippen LogP contribution in [0.1, 0.15) is 35.6 Å². The van der Waals surface area contributed by atoms with E-state index < -0.39 is 0 Å². The molecule has 0 saturated heterocycles. The molecule has 0 radical (unpaired) electrons. The van der Waals surface area contributed by atoms with E-state index in [0.29, 0.717) is 34.3 Å². The molecule has 8 heteroatoms. The third kappa shape index (κ3) is 4.58. The minimum Gasteiger partial charge on any atom is -0.493 e. The highest BCUT2D eigenvalue weighted by molar-refractivity contribution is 5.79. The van der Waals surface area contributed by atoms with Crippen molar-refractivity contribution in [1.82, 2.24) is 15.3 Å². The molecular formula is C19H25N3O5. The van der Waals surface area contributed by atoms with E-state index in [0.717, 1.165) is 5.56 Å². The van der Waals surface area contributed by atoms with Gasteiger partial charge < -0.3 is 24.5 Å². The number of carbonyl (C=O) groups excluding carboxylic acids is 1. The number of aryl methyl sites for hydroxylation is 2. The highest BCUT2D eigenvalue weighted by Crippen LogP contribution is 2.39. The Labute approximate surface area is 157 Å². The van der Waals surface area contributed by atoms with Crippen molar-refractivity contribution in [2.75, 3.05) is 21.3 Å². The zero-order valence-electron chi connectivity index (χ0n) is 16.4. The van der Waals surface area contributed by atoms with Crippen LogP contribution in [0, 0.1) is 13.8 Å². The number of nitrogens with one attached hydrogen (secondary N) is 2. The molecule has 27 heavy (non-hydrogen) atoms. The van der Waals surface area contributed by atoms with Crippen LogP contribution in [0.5, 0.6) is 17.2 Å². The van der Waals surface area contributed by atoms with Crippen LogP contribution in [0.4, 0.5) is 0 Å². The molecule has 1 heterocycles. The van der Waals surface area contributed by atoms with Crippen LogP contribution >= 0.6 is 0 Å². The summed E-state index contributed by atoms with van der Waals surface area (Å²) < 4.78 is 16.0. The maximum absolute atomic E-state index is 12.4. The zero-order chi connectivity index (χ0) is 20.1. The molecule has 0 spiro atoms. The molecule has 2 rings (SSSR count). The van der Waals surface area contributed by atoms with Gasteiger partial charge in [0, 0.05) is 11.3 Å². The van der Waals surface area contributed by atoms with Crippen LogP contribution < -0.4 is 25.1 Å². The smallest absolute Gasteiger partial charge is 0.254 e. The summed E-state index contributed by atoms with van der Waals surface area (Å²) in [7, 11) is 4.59. The summed E-state index contributed by atoms with van der Waals surface area (Å²) in [6.45, 7) is 5.25. The number of nitrogens with zero attached hydrogens (tertiary/aromatic N) is 1. The van der Waals surface area contributed by atoms with Crippen LogP contribution in [0.15, 0.2) is 16.9 Å².